The minimum absolute atomic E-state index is 0.0546. The maximum atomic E-state index is 13.4. The second-order valence-electron chi connectivity index (χ2n) is 7.89. The normalized spacial score (nSPS) is 16.3. The van der Waals surface area contributed by atoms with Crippen molar-refractivity contribution in [3.8, 4) is 0 Å². The molecule has 4 rings (SSSR count). The molecule has 1 unspecified atom stereocenters. The second-order valence-corrected chi connectivity index (χ2v) is 7.89. The molecule has 1 fully saturated rings. The Morgan fingerprint density at radius 2 is 1.90 bits per heavy atom. The standard InChI is InChI=1S/C23H27N5O2/c1-5-27-19-10-7-6-9-17(19)25-21(27)20-11-8-14-28(20)22(29)16-12-13-18(24-15(16)2)23(30)26(3)4/h6-7,9-10,12-13,20H,5,8,11,14H2,1-4H3. The number of para-hydroxylation sites is 2. The predicted molar refractivity (Wildman–Crippen MR) is 115 cm³/mol. The minimum atomic E-state index is -0.173. The number of aromatic nitrogens is 3. The molecule has 0 bridgehead atoms. The van der Waals surface area contributed by atoms with Crippen molar-refractivity contribution in [3.05, 3.63) is 59.2 Å². The Morgan fingerprint density at radius 1 is 1.13 bits per heavy atom. The number of likely N-dealkylation sites (tertiary alicyclic amines) is 1. The summed E-state index contributed by atoms with van der Waals surface area (Å²) in [7, 11) is 3.38. The van der Waals surface area contributed by atoms with Crippen LogP contribution >= 0.6 is 0 Å². The molecule has 0 aliphatic carbocycles. The van der Waals surface area contributed by atoms with Gasteiger partial charge in [-0.2, -0.15) is 0 Å². The smallest absolute Gasteiger partial charge is 0.271 e. The van der Waals surface area contributed by atoms with Crippen LogP contribution in [0, 0.1) is 6.92 Å². The molecule has 0 N–H and O–H groups in total. The summed E-state index contributed by atoms with van der Waals surface area (Å²) < 4.78 is 2.20. The van der Waals surface area contributed by atoms with Crippen LogP contribution in [0.2, 0.25) is 0 Å². The van der Waals surface area contributed by atoms with E-state index in [0.717, 1.165) is 36.2 Å². The molecule has 1 atom stereocenters. The van der Waals surface area contributed by atoms with Crippen molar-refractivity contribution in [2.24, 2.45) is 0 Å². The Labute approximate surface area is 176 Å². The first-order chi connectivity index (χ1) is 14.4. The molecule has 7 nitrogen and oxygen atoms in total. The van der Waals surface area contributed by atoms with Crippen LogP contribution in [0.4, 0.5) is 0 Å². The van der Waals surface area contributed by atoms with Gasteiger partial charge in [-0.1, -0.05) is 12.1 Å². The molecule has 0 spiro atoms. The first-order valence-electron chi connectivity index (χ1n) is 10.4. The molecular formula is C23H27N5O2. The van der Waals surface area contributed by atoms with Crippen molar-refractivity contribution in [3.63, 3.8) is 0 Å². The first kappa shape index (κ1) is 20.1. The number of carbonyl (C=O) groups is 2. The molecule has 1 aromatic carbocycles. The van der Waals surface area contributed by atoms with Crippen molar-refractivity contribution in [1.82, 2.24) is 24.3 Å². The van der Waals surface area contributed by atoms with Crippen LogP contribution in [0.1, 0.15) is 58.2 Å². The molecule has 1 aliphatic heterocycles. The van der Waals surface area contributed by atoms with Gasteiger partial charge in [-0.05, 0) is 51.0 Å². The molecule has 1 aliphatic rings. The topological polar surface area (TPSA) is 71.3 Å². The highest BCUT2D eigenvalue weighted by atomic mass is 16.2. The van der Waals surface area contributed by atoms with Crippen LogP contribution in [-0.2, 0) is 6.54 Å². The molecule has 0 saturated carbocycles. The van der Waals surface area contributed by atoms with Gasteiger partial charge in [-0.3, -0.25) is 9.59 Å². The van der Waals surface area contributed by atoms with E-state index in [1.807, 2.05) is 23.1 Å². The largest absolute Gasteiger partial charge is 0.343 e. The molecule has 1 saturated heterocycles. The summed E-state index contributed by atoms with van der Waals surface area (Å²) in [6.45, 7) is 5.38. The molecular weight excluding hydrogens is 378 g/mol. The van der Waals surface area contributed by atoms with E-state index < -0.39 is 0 Å². The monoisotopic (exact) mass is 405 g/mol. The molecule has 156 valence electrons. The van der Waals surface area contributed by atoms with Crippen molar-refractivity contribution in [1.29, 1.82) is 0 Å². The van der Waals surface area contributed by atoms with E-state index in [1.54, 1.807) is 33.2 Å². The summed E-state index contributed by atoms with van der Waals surface area (Å²) >= 11 is 0. The molecule has 2 amide bonds. The van der Waals surface area contributed by atoms with Crippen LogP contribution in [-0.4, -0.2) is 56.8 Å². The van der Waals surface area contributed by atoms with Crippen LogP contribution in [0.15, 0.2) is 36.4 Å². The van der Waals surface area contributed by atoms with E-state index in [1.165, 1.54) is 4.90 Å². The van der Waals surface area contributed by atoms with E-state index in [2.05, 4.69) is 22.5 Å². The van der Waals surface area contributed by atoms with E-state index in [0.29, 0.717) is 23.5 Å². The summed E-state index contributed by atoms with van der Waals surface area (Å²) in [6, 6.07) is 11.4. The zero-order chi connectivity index (χ0) is 21.4. The highest BCUT2D eigenvalue weighted by molar-refractivity contribution is 5.97. The lowest BCUT2D eigenvalue weighted by Gasteiger charge is -2.25. The maximum absolute atomic E-state index is 13.4. The number of rotatable bonds is 4. The zero-order valence-electron chi connectivity index (χ0n) is 17.9. The zero-order valence-corrected chi connectivity index (χ0v) is 17.9. The predicted octanol–water partition coefficient (Wildman–Crippen LogP) is 3.44. The number of amides is 2. The summed E-state index contributed by atoms with van der Waals surface area (Å²) in [5.41, 5.74) is 3.51. The van der Waals surface area contributed by atoms with E-state index >= 15 is 0 Å². The Balaban J connectivity index is 1.68. The summed E-state index contributed by atoms with van der Waals surface area (Å²) in [5.74, 6) is 0.712. The van der Waals surface area contributed by atoms with Crippen molar-refractivity contribution in [2.75, 3.05) is 20.6 Å². The maximum Gasteiger partial charge on any atom is 0.271 e. The first-order valence-corrected chi connectivity index (χ1v) is 10.4. The van der Waals surface area contributed by atoms with Gasteiger partial charge in [-0.15, -0.1) is 0 Å². The number of fused-ring (bicyclic) bond motifs is 1. The number of carbonyl (C=O) groups excluding carboxylic acids is 2. The third-order valence-electron chi connectivity index (χ3n) is 5.75. The summed E-state index contributed by atoms with van der Waals surface area (Å²) in [6.07, 6.45) is 1.83. The molecule has 2 aromatic heterocycles. The summed E-state index contributed by atoms with van der Waals surface area (Å²) in [5, 5.41) is 0. The lowest BCUT2D eigenvalue weighted by atomic mass is 10.1. The quantitative estimate of drug-likeness (QED) is 0.667. The van der Waals surface area contributed by atoms with Gasteiger partial charge >= 0.3 is 0 Å². The van der Waals surface area contributed by atoms with Crippen LogP contribution in [0.5, 0.6) is 0 Å². The van der Waals surface area contributed by atoms with Crippen LogP contribution in [0.25, 0.3) is 11.0 Å². The third kappa shape index (κ3) is 3.34. The Hall–Kier alpha value is -3.22. The van der Waals surface area contributed by atoms with E-state index in [-0.39, 0.29) is 17.9 Å². The minimum Gasteiger partial charge on any atom is -0.343 e. The molecule has 0 radical (unpaired) electrons. The van der Waals surface area contributed by atoms with Gasteiger partial charge in [0.1, 0.15) is 11.5 Å². The number of nitrogens with zero attached hydrogens (tertiary/aromatic N) is 5. The summed E-state index contributed by atoms with van der Waals surface area (Å²) in [4.78, 5) is 38.3. The number of imidazole rings is 1. The molecule has 7 heteroatoms. The van der Waals surface area contributed by atoms with Gasteiger partial charge in [0.15, 0.2) is 0 Å². The second kappa shape index (κ2) is 7.89. The van der Waals surface area contributed by atoms with Gasteiger partial charge in [0, 0.05) is 27.2 Å². The van der Waals surface area contributed by atoms with Gasteiger partial charge in [0.25, 0.3) is 11.8 Å². The molecule has 3 heterocycles. The third-order valence-corrected chi connectivity index (χ3v) is 5.75. The average molecular weight is 406 g/mol. The van der Waals surface area contributed by atoms with Gasteiger partial charge in [-0.25, -0.2) is 9.97 Å². The Morgan fingerprint density at radius 3 is 2.60 bits per heavy atom. The fraction of sp³-hybridized carbons (Fsp3) is 0.391. The average Bonchev–Trinajstić information content (AvgIpc) is 3.36. The number of aryl methyl sites for hydroxylation is 2. The van der Waals surface area contributed by atoms with Crippen LogP contribution in [0.3, 0.4) is 0 Å². The lowest BCUT2D eigenvalue weighted by Crippen LogP contribution is -2.33. The van der Waals surface area contributed by atoms with Gasteiger partial charge in [0.05, 0.1) is 28.3 Å². The highest BCUT2D eigenvalue weighted by Gasteiger charge is 2.34. The number of hydrogen-bond acceptors (Lipinski definition) is 4. The highest BCUT2D eigenvalue weighted by Crippen LogP contribution is 2.34. The number of pyridine rings is 1. The lowest BCUT2D eigenvalue weighted by molar-refractivity contribution is 0.0724. The number of benzene rings is 1. The molecule has 3 aromatic rings. The fourth-order valence-corrected chi connectivity index (χ4v) is 4.25. The fourth-order valence-electron chi connectivity index (χ4n) is 4.25. The SMILES string of the molecule is CCn1c(C2CCCN2C(=O)c2ccc(C(=O)N(C)C)nc2C)nc2ccccc21. The van der Waals surface area contributed by atoms with Crippen molar-refractivity contribution < 1.29 is 9.59 Å². The van der Waals surface area contributed by atoms with Crippen molar-refractivity contribution >= 4 is 22.8 Å². The van der Waals surface area contributed by atoms with Gasteiger partial charge < -0.3 is 14.4 Å². The van der Waals surface area contributed by atoms with Gasteiger partial charge in [0.2, 0.25) is 0 Å². The van der Waals surface area contributed by atoms with E-state index in [4.69, 9.17) is 4.98 Å². The van der Waals surface area contributed by atoms with Crippen LogP contribution < -0.4 is 0 Å². The molecule has 30 heavy (non-hydrogen) atoms. The Kier molecular flexibility index (Phi) is 5.28. The van der Waals surface area contributed by atoms with E-state index in [9.17, 15) is 9.59 Å². The Bertz CT molecular complexity index is 1120. The number of hydrogen-bond donors (Lipinski definition) is 0. The van der Waals surface area contributed by atoms with Crippen molar-refractivity contribution in [2.45, 2.75) is 39.3 Å².